The van der Waals surface area contributed by atoms with Gasteiger partial charge in [0.25, 0.3) is 0 Å². The van der Waals surface area contributed by atoms with Gasteiger partial charge in [-0.05, 0) is 25.7 Å². The first-order valence-corrected chi connectivity index (χ1v) is 13.4. The molecule has 0 aromatic rings. The Labute approximate surface area is 189 Å². The van der Waals surface area contributed by atoms with E-state index in [1.54, 1.807) is 6.92 Å². The summed E-state index contributed by atoms with van der Waals surface area (Å²) in [5, 5.41) is 0. The third kappa shape index (κ3) is 21.9. The lowest BCUT2D eigenvalue weighted by molar-refractivity contribution is -0.139. The first kappa shape index (κ1) is 29.2. The number of unbranched alkanes of at least 4 members (excludes halogenated alkanes) is 16. The summed E-state index contributed by atoms with van der Waals surface area (Å²) in [5.74, 6) is 0.546. The van der Waals surface area contributed by atoms with Crippen molar-refractivity contribution in [3.8, 4) is 0 Å². The van der Waals surface area contributed by atoms with Crippen LogP contribution in [0.25, 0.3) is 0 Å². The monoisotopic (exact) mass is 422 g/mol. The minimum absolute atomic E-state index is 0.254. The minimum Gasteiger partial charge on any atom is -0.462 e. The summed E-state index contributed by atoms with van der Waals surface area (Å²) in [6, 6.07) is 0. The number of carbonyl (C=O) groups is 1. The maximum absolute atomic E-state index is 11.3. The molecule has 178 valence electrons. The molecule has 1 atom stereocenters. The van der Waals surface area contributed by atoms with Gasteiger partial charge in [0.1, 0.15) is 0 Å². The van der Waals surface area contributed by atoms with Crippen molar-refractivity contribution >= 4 is 5.97 Å². The van der Waals surface area contributed by atoms with Gasteiger partial charge in [-0.3, -0.25) is 0 Å². The van der Waals surface area contributed by atoms with Crippen LogP contribution in [0.5, 0.6) is 0 Å². The van der Waals surface area contributed by atoms with E-state index in [1.807, 2.05) is 0 Å². The summed E-state index contributed by atoms with van der Waals surface area (Å²) in [6.07, 6.45) is 27.7. The molecule has 0 spiro atoms. The van der Waals surface area contributed by atoms with E-state index in [9.17, 15) is 4.79 Å². The van der Waals surface area contributed by atoms with Crippen molar-refractivity contribution in [2.24, 2.45) is 5.92 Å². The Kier molecular flexibility index (Phi) is 22.3. The average Bonchev–Trinajstić information content (AvgIpc) is 2.72. The molecule has 2 heteroatoms. The Morgan fingerprint density at radius 1 is 0.667 bits per heavy atom. The summed E-state index contributed by atoms with van der Waals surface area (Å²) in [4.78, 5) is 11.3. The molecule has 0 aliphatic rings. The molecule has 0 aromatic heterocycles. The van der Waals surface area contributed by atoms with Gasteiger partial charge in [-0.1, -0.05) is 136 Å². The molecule has 2 nitrogen and oxygen atoms in total. The second-order valence-corrected chi connectivity index (χ2v) is 9.61. The highest BCUT2D eigenvalue weighted by atomic mass is 16.5. The highest BCUT2D eigenvalue weighted by Crippen LogP contribution is 2.18. The highest BCUT2D eigenvalue weighted by molar-refractivity contribution is 5.86. The van der Waals surface area contributed by atoms with Gasteiger partial charge in [0.2, 0.25) is 0 Å². The van der Waals surface area contributed by atoms with Crippen LogP contribution in [-0.2, 0) is 9.53 Å². The van der Waals surface area contributed by atoms with Gasteiger partial charge in [-0.2, -0.15) is 0 Å². The number of ether oxygens (including phenoxy) is 1. The van der Waals surface area contributed by atoms with E-state index >= 15 is 0 Å². The molecule has 0 heterocycles. The zero-order valence-corrected chi connectivity index (χ0v) is 21.0. The van der Waals surface area contributed by atoms with Crippen LogP contribution in [0.15, 0.2) is 12.2 Å². The molecule has 0 amide bonds. The van der Waals surface area contributed by atoms with Crippen molar-refractivity contribution < 1.29 is 9.53 Å². The first-order chi connectivity index (χ1) is 14.6. The molecule has 0 N–H and O–H groups in total. The normalized spacial score (nSPS) is 12.1. The molecule has 0 rings (SSSR count). The van der Waals surface area contributed by atoms with Crippen LogP contribution in [0.4, 0.5) is 0 Å². The fourth-order valence-corrected chi connectivity index (χ4v) is 4.07. The van der Waals surface area contributed by atoms with Crippen LogP contribution in [-0.4, -0.2) is 12.6 Å². The summed E-state index contributed by atoms with van der Waals surface area (Å²) in [5.41, 5.74) is 0.492. The molecular weight excluding hydrogens is 368 g/mol. The Morgan fingerprint density at radius 2 is 1.03 bits per heavy atom. The van der Waals surface area contributed by atoms with E-state index in [0.29, 0.717) is 12.2 Å². The van der Waals surface area contributed by atoms with Crippen LogP contribution in [0, 0.1) is 5.92 Å². The van der Waals surface area contributed by atoms with Gasteiger partial charge >= 0.3 is 5.97 Å². The number of hydrogen-bond acceptors (Lipinski definition) is 2. The van der Waals surface area contributed by atoms with Crippen molar-refractivity contribution in [3.05, 3.63) is 12.2 Å². The largest absolute Gasteiger partial charge is 0.462 e. The fourth-order valence-electron chi connectivity index (χ4n) is 4.07. The number of rotatable bonds is 23. The molecule has 1 unspecified atom stereocenters. The molecule has 30 heavy (non-hydrogen) atoms. The van der Waals surface area contributed by atoms with E-state index in [4.69, 9.17) is 4.74 Å². The van der Waals surface area contributed by atoms with E-state index in [0.717, 1.165) is 18.8 Å². The average molecular weight is 423 g/mol. The smallest absolute Gasteiger partial charge is 0.333 e. The lowest BCUT2D eigenvalue weighted by Gasteiger charge is -2.11. The van der Waals surface area contributed by atoms with Crippen LogP contribution < -0.4 is 0 Å². The van der Waals surface area contributed by atoms with Crippen molar-refractivity contribution in [2.45, 2.75) is 149 Å². The third-order valence-electron chi connectivity index (χ3n) is 6.22. The summed E-state index contributed by atoms with van der Waals surface area (Å²) < 4.78 is 5.14. The fraction of sp³-hybridized carbons (Fsp3) is 0.893. The van der Waals surface area contributed by atoms with Crippen LogP contribution in [0.1, 0.15) is 149 Å². The molecular formula is C28H54O2. The van der Waals surface area contributed by atoms with Crippen molar-refractivity contribution in [3.63, 3.8) is 0 Å². The zero-order chi connectivity index (χ0) is 22.3. The zero-order valence-electron chi connectivity index (χ0n) is 21.0. The molecule has 0 aromatic carbocycles. The molecule has 0 saturated carbocycles. The second kappa shape index (κ2) is 22.9. The standard InChI is InChI=1S/C28H54O2/c1-5-6-7-8-9-10-11-12-13-14-15-16-17-18-19-20-23-27(4)24-21-22-25-30-28(29)26(2)3/h27H,2,5-25H2,1,3-4H3. The Bertz CT molecular complexity index is 388. The van der Waals surface area contributed by atoms with Crippen LogP contribution >= 0.6 is 0 Å². The van der Waals surface area contributed by atoms with Crippen molar-refractivity contribution in [2.75, 3.05) is 6.61 Å². The molecule has 0 aliphatic carbocycles. The van der Waals surface area contributed by atoms with Gasteiger partial charge in [0, 0.05) is 5.57 Å². The van der Waals surface area contributed by atoms with E-state index in [-0.39, 0.29) is 5.97 Å². The summed E-state index contributed by atoms with van der Waals surface area (Å²) in [7, 11) is 0. The third-order valence-corrected chi connectivity index (χ3v) is 6.22. The predicted octanol–water partition coefficient (Wildman–Crippen LogP) is 9.56. The molecule has 0 bridgehead atoms. The van der Waals surface area contributed by atoms with Gasteiger partial charge in [-0.25, -0.2) is 4.79 Å². The lowest BCUT2D eigenvalue weighted by atomic mass is 9.96. The van der Waals surface area contributed by atoms with E-state index in [1.165, 1.54) is 116 Å². The SMILES string of the molecule is C=C(C)C(=O)OCCCCC(C)CCCCCCCCCCCCCCCCCC. The molecule has 0 fully saturated rings. The van der Waals surface area contributed by atoms with E-state index in [2.05, 4.69) is 20.4 Å². The summed E-state index contributed by atoms with van der Waals surface area (Å²) in [6.45, 7) is 10.5. The van der Waals surface area contributed by atoms with Crippen molar-refractivity contribution in [1.29, 1.82) is 0 Å². The lowest BCUT2D eigenvalue weighted by Crippen LogP contribution is -2.06. The molecule has 0 aliphatic heterocycles. The van der Waals surface area contributed by atoms with Crippen LogP contribution in [0.3, 0.4) is 0 Å². The van der Waals surface area contributed by atoms with Gasteiger partial charge in [0.15, 0.2) is 0 Å². The van der Waals surface area contributed by atoms with Gasteiger partial charge < -0.3 is 4.74 Å². The second-order valence-electron chi connectivity index (χ2n) is 9.61. The molecule has 0 saturated heterocycles. The Hall–Kier alpha value is -0.790. The number of esters is 1. The first-order valence-electron chi connectivity index (χ1n) is 13.4. The van der Waals surface area contributed by atoms with Crippen LogP contribution in [0.2, 0.25) is 0 Å². The van der Waals surface area contributed by atoms with Gasteiger partial charge in [-0.15, -0.1) is 0 Å². The highest BCUT2D eigenvalue weighted by Gasteiger charge is 2.04. The van der Waals surface area contributed by atoms with Gasteiger partial charge in [0.05, 0.1) is 6.61 Å². The van der Waals surface area contributed by atoms with E-state index < -0.39 is 0 Å². The maximum Gasteiger partial charge on any atom is 0.333 e. The van der Waals surface area contributed by atoms with Crippen molar-refractivity contribution in [1.82, 2.24) is 0 Å². The topological polar surface area (TPSA) is 26.3 Å². The minimum atomic E-state index is -0.254. The predicted molar refractivity (Wildman–Crippen MR) is 133 cm³/mol. The number of carbonyl (C=O) groups excluding carboxylic acids is 1. The maximum atomic E-state index is 11.3. The Balaban J connectivity index is 3.19. The Morgan fingerprint density at radius 3 is 1.43 bits per heavy atom. The molecule has 0 radical (unpaired) electrons. The number of hydrogen-bond donors (Lipinski definition) is 0. The quantitative estimate of drug-likeness (QED) is 0.0930. The summed E-state index contributed by atoms with van der Waals surface area (Å²) >= 11 is 0.